The molecule has 41 heavy (non-hydrogen) atoms. The molecular formula is C29H30FN5O5S. The first-order valence-corrected chi connectivity index (χ1v) is 14.9. The number of anilines is 2. The summed E-state index contributed by atoms with van der Waals surface area (Å²) in [5.41, 5.74) is 2.22. The summed E-state index contributed by atoms with van der Waals surface area (Å²) in [4.78, 5) is 42.7. The molecule has 3 aliphatic rings. The van der Waals surface area contributed by atoms with Crippen LogP contribution in [0.2, 0.25) is 0 Å². The van der Waals surface area contributed by atoms with Crippen molar-refractivity contribution in [3.63, 3.8) is 0 Å². The lowest BCUT2D eigenvalue weighted by Crippen LogP contribution is -2.52. The lowest BCUT2D eigenvalue weighted by molar-refractivity contribution is -0.136. The minimum Gasteiger partial charge on any atom is -0.377 e. The number of fused-ring (bicyclic) bond motifs is 2. The van der Waals surface area contributed by atoms with Crippen molar-refractivity contribution >= 4 is 49.9 Å². The molecule has 0 radical (unpaired) electrons. The van der Waals surface area contributed by atoms with Crippen LogP contribution in [0.3, 0.4) is 0 Å². The Bertz CT molecular complexity index is 1700. The van der Waals surface area contributed by atoms with Crippen molar-refractivity contribution in [2.24, 2.45) is 0 Å². The van der Waals surface area contributed by atoms with Gasteiger partial charge in [-0.2, -0.15) is 4.31 Å². The van der Waals surface area contributed by atoms with Gasteiger partial charge < -0.3 is 14.7 Å². The SMILES string of the molecule is CN(C)c1cccc2c(S(=O)(=O)N3CCN(c4cc(F)cc5c4CN(C4CCC(=O)NC4=O)C5=O)CC3)cccc12. The van der Waals surface area contributed by atoms with Gasteiger partial charge in [0.05, 0.1) is 4.90 Å². The largest absolute Gasteiger partial charge is 0.377 e. The van der Waals surface area contributed by atoms with E-state index in [2.05, 4.69) is 5.32 Å². The van der Waals surface area contributed by atoms with Gasteiger partial charge in [-0.1, -0.05) is 24.3 Å². The zero-order valence-electron chi connectivity index (χ0n) is 22.8. The summed E-state index contributed by atoms with van der Waals surface area (Å²) in [5.74, 6) is -1.95. The zero-order valence-corrected chi connectivity index (χ0v) is 23.6. The van der Waals surface area contributed by atoms with Gasteiger partial charge in [0.25, 0.3) is 5.91 Å². The molecule has 2 fully saturated rings. The predicted octanol–water partition coefficient (Wildman–Crippen LogP) is 2.32. The van der Waals surface area contributed by atoms with E-state index in [0.29, 0.717) is 29.7 Å². The molecule has 6 rings (SSSR count). The Hall–Kier alpha value is -4.03. The first kappa shape index (κ1) is 27.2. The number of carbonyl (C=O) groups excluding carboxylic acids is 3. The van der Waals surface area contributed by atoms with Gasteiger partial charge in [0.2, 0.25) is 21.8 Å². The van der Waals surface area contributed by atoms with Gasteiger partial charge >= 0.3 is 0 Å². The number of nitrogens with one attached hydrogen (secondary N) is 1. The molecule has 3 heterocycles. The van der Waals surface area contributed by atoms with Gasteiger partial charge in [-0.05, 0) is 30.7 Å². The predicted molar refractivity (Wildman–Crippen MR) is 152 cm³/mol. The van der Waals surface area contributed by atoms with E-state index in [1.54, 1.807) is 12.1 Å². The average molecular weight is 580 g/mol. The fraction of sp³-hybridized carbons (Fsp3) is 0.345. The molecule has 1 N–H and O–H groups in total. The van der Waals surface area contributed by atoms with E-state index < -0.39 is 33.7 Å². The van der Waals surface area contributed by atoms with Gasteiger partial charge in [0.1, 0.15) is 11.9 Å². The number of benzene rings is 3. The molecule has 12 heteroatoms. The molecule has 3 aromatic carbocycles. The minimum atomic E-state index is -3.82. The van der Waals surface area contributed by atoms with Crippen molar-refractivity contribution in [2.75, 3.05) is 50.1 Å². The third-order valence-corrected chi connectivity index (χ3v) is 10.1. The second kappa shape index (κ2) is 10.1. The lowest BCUT2D eigenvalue weighted by atomic mass is 10.0. The second-order valence-electron chi connectivity index (χ2n) is 10.8. The molecule has 10 nitrogen and oxygen atoms in total. The first-order valence-electron chi connectivity index (χ1n) is 13.5. The van der Waals surface area contributed by atoms with Gasteiger partial charge in [-0.25, -0.2) is 12.8 Å². The van der Waals surface area contributed by atoms with E-state index in [1.807, 2.05) is 48.2 Å². The van der Waals surface area contributed by atoms with E-state index in [0.717, 1.165) is 11.1 Å². The molecule has 2 saturated heterocycles. The Morgan fingerprint density at radius 1 is 0.951 bits per heavy atom. The van der Waals surface area contributed by atoms with Crippen molar-refractivity contribution in [3.8, 4) is 0 Å². The highest BCUT2D eigenvalue weighted by molar-refractivity contribution is 7.89. The fourth-order valence-corrected chi connectivity index (χ4v) is 7.71. The highest BCUT2D eigenvalue weighted by atomic mass is 32.2. The van der Waals surface area contributed by atoms with Crippen molar-refractivity contribution in [2.45, 2.75) is 30.3 Å². The van der Waals surface area contributed by atoms with Crippen LogP contribution < -0.4 is 15.1 Å². The summed E-state index contributed by atoms with van der Waals surface area (Å²) in [6.45, 7) is 1.08. The normalized spacial score (nSPS) is 20.0. The number of piperidine rings is 1. The number of amides is 3. The van der Waals surface area contributed by atoms with Crippen molar-refractivity contribution in [1.29, 1.82) is 0 Å². The number of carbonyl (C=O) groups is 3. The van der Waals surface area contributed by atoms with Crippen LogP contribution in [0, 0.1) is 5.82 Å². The van der Waals surface area contributed by atoms with E-state index in [1.165, 1.54) is 21.3 Å². The molecular weight excluding hydrogens is 549 g/mol. The number of imide groups is 1. The Morgan fingerprint density at radius 3 is 2.37 bits per heavy atom. The van der Waals surface area contributed by atoms with Gasteiger partial charge in [-0.15, -0.1) is 0 Å². The molecule has 0 aliphatic carbocycles. The standard InChI is InChI=1S/C29H30FN5O5S/c1-32(2)23-7-3-6-20-19(23)5-4-8-26(20)41(39,40)34-13-11-33(12-14-34)25-16-18(30)15-21-22(25)17-35(29(21)38)24-9-10-27(36)31-28(24)37/h3-8,15-16,24H,9-14,17H2,1-2H3,(H,31,36,37). The van der Waals surface area contributed by atoms with Crippen LogP contribution in [0.1, 0.15) is 28.8 Å². The molecule has 0 spiro atoms. The monoisotopic (exact) mass is 579 g/mol. The van der Waals surface area contributed by atoms with Gasteiger partial charge in [-0.3, -0.25) is 19.7 Å². The molecule has 3 amide bonds. The number of sulfonamides is 1. The molecule has 0 saturated carbocycles. The molecule has 1 unspecified atom stereocenters. The van der Waals surface area contributed by atoms with Crippen LogP contribution in [-0.4, -0.2) is 81.7 Å². The highest BCUT2D eigenvalue weighted by Gasteiger charge is 2.41. The molecule has 3 aliphatic heterocycles. The van der Waals surface area contributed by atoms with E-state index in [4.69, 9.17) is 0 Å². The molecule has 0 bridgehead atoms. The summed E-state index contributed by atoms with van der Waals surface area (Å²) in [5, 5.41) is 3.77. The summed E-state index contributed by atoms with van der Waals surface area (Å²) in [6.07, 6.45) is 0.338. The third-order valence-electron chi connectivity index (χ3n) is 8.14. The number of hydrogen-bond donors (Lipinski definition) is 1. The van der Waals surface area contributed by atoms with Crippen LogP contribution in [0.4, 0.5) is 15.8 Å². The fourth-order valence-electron chi connectivity index (χ4n) is 6.08. The lowest BCUT2D eigenvalue weighted by Gasteiger charge is -2.36. The number of nitrogens with zero attached hydrogens (tertiary/aromatic N) is 4. The highest BCUT2D eigenvalue weighted by Crippen LogP contribution is 2.37. The van der Waals surface area contributed by atoms with Gasteiger partial charge in [0.15, 0.2) is 0 Å². The maximum absolute atomic E-state index is 14.7. The van der Waals surface area contributed by atoms with E-state index in [-0.39, 0.29) is 48.8 Å². The van der Waals surface area contributed by atoms with Crippen LogP contribution >= 0.6 is 0 Å². The number of piperazine rings is 1. The zero-order chi connectivity index (χ0) is 29.1. The smallest absolute Gasteiger partial charge is 0.255 e. The van der Waals surface area contributed by atoms with Crippen LogP contribution in [0.25, 0.3) is 10.8 Å². The van der Waals surface area contributed by atoms with Crippen LogP contribution in [0.5, 0.6) is 0 Å². The number of halogens is 1. The van der Waals surface area contributed by atoms with Gasteiger partial charge in [0, 0.05) is 86.5 Å². The quantitative estimate of drug-likeness (QED) is 0.462. The summed E-state index contributed by atoms with van der Waals surface area (Å²) >= 11 is 0. The topological polar surface area (TPSA) is 110 Å². The Labute approximate surface area is 237 Å². The molecule has 0 aromatic heterocycles. The number of hydrogen-bond acceptors (Lipinski definition) is 7. The Balaban J connectivity index is 1.24. The summed E-state index contributed by atoms with van der Waals surface area (Å²) < 4.78 is 43.8. The van der Waals surface area contributed by atoms with E-state index in [9.17, 15) is 27.2 Å². The first-order chi connectivity index (χ1) is 19.6. The summed E-state index contributed by atoms with van der Waals surface area (Å²) in [7, 11) is 0.00602. The minimum absolute atomic E-state index is 0.110. The Morgan fingerprint density at radius 2 is 1.66 bits per heavy atom. The molecule has 1 atom stereocenters. The van der Waals surface area contributed by atoms with Crippen molar-refractivity contribution < 1.29 is 27.2 Å². The number of rotatable bonds is 5. The second-order valence-corrected chi connectivity index (χ2v) is 12.7. The third kappa shape index (κ3) is 4.60. The van der Waals surface area contributed by atoms with Crippen LogP contribution in [-0.2, 0) is 26.2 Å². The van der Waals surface area contributed by atoms with E-state index >= 15 is 0 Å². The molecule has 214 valence electrons. The van der Waals surface area contributed by atoms with Crippen molar-refractivity contribution in [1.82, 2.24) is 14.5 Å². The summed E-state index contributed by atoms with van der Waals surface area (Å²) in [6, 6.07) is 12.6. The molecule has 3 aromatic rings. The average Bonchev–Trinajstić information content (AvgIpc) is 3.27. The maximum atomic E-state index is 14.7. The van der Waals surface area contributed by atoms with Crippen LogP contribution in [0.15, 0.2) is 53.4 Å². The Kier molecular flexibility index (Phi) is 6.69. The maximum Gasteiger partial charge on any atom is 0.255 e. The van der Waals surface area contributed by atoms with Crippen molar-refractivity contribution in [3.05, 3.63) is 65.5 Å².